The number of hydrogen-bond donors (Lipinski definition) is 1. The molecule has 5 heteroatoms. The summed E-state index contributed by atoms with van der Waals surface area (Å²) < 4.78 is 5.96. The minimum absolute atomic E-state index is 0.0412. The fourth-order valence-corrected chi connectivity index (χ4v) is 4.23. The maximum absolute atomic E-state index is 10.8. The third-order valence-electron chi connectivity index (χ3n) is 3.80. The van der Waals surface area contributed by atoms with Crippen LogP contribution in [0, 0.1) is 0 Å². The first-order valence-electron chi connectivity index (χ1n) is 6.33. The maximum Gasteiger partial charge on any atom is 0.317 e. The van der Waals surface area contributed by atoms with Gasteiger partial charge in [0.25, 0.3) is 0 Å². The van der Waals surface area contributed by atoms with Crippen molar-refractivity contribution < 1.29 is 14.6 Å². The lowest BCUT2D eigenvalue weighted by atomic mass is 9.89. The molecular weight excluding hydrogens is 238 g/mol. The molecule has 2 heterocycles. The van der Waals surface area contributed by atoms with Crippen LogP contribution in [0.25, 0.3) is 0 Å². The van der Waals surface area contributed by atoms with Gasteiger partial charge in [-0.2, -0.15) is 11.8 Å². The van der Waals surface area contributed by atoms with Gasteiger partial charge in [-0.05, 0) is 31.6 Å². The van der Waals surface area contributed by atoms with Gasteiger partial charge in [0.1, 0.15) is 0 Å². The van der Waals surface area contributed by atoms with Crippen LogP contribution in [-0.4, -0.2) is 58.8 Å². The molecule has 17 heavy (non-hydrogen) atoms. The van der Waals surface area contributed by atoms with Crippen LogP contribution in [0.4, 0.5) is 0 Å². The van der Waals surface area contributed by atoms with Crippen molar-refractivity contribution in [2.45, 2.75) is 37.8 Å². The summed E-state index contributed by atoms with van der Waals surface area (Å²) in [6.07, 6.45) is 3.09. The Morgan fingerprint density at radius 3 is 3.06 bits per heavy atom. The van der Waals surface area contributed by atoms with E-state index < -0.39 is 5.97 Å². The molecule has 0 radical (unpaired) electrons. The molecule has 1 N–H and O–H groups in total. The summed E-state index contributed by atoms with van der Waals surface area (Å²) in [5, 5.41) is 8.93. The van der Waals surface area contributed by atoms with Crippen molar-refractivity contribution in [2.24, 2.45) is 0 Å². The predicted molar refractivity (Wildman–Crippen MR) is 68.5 cm³/mol. The number of likely N-dealkylation sites (N-methyl/N-ethyl adjacent to an activating group) is 1. The molecule has 2 aliphatic heterocycles. The third-order valence-corrected chi connectivity index (χ3v) is 5.02. The van der Waals surface area contributed by atoms with E-state index in [0.29, 0.717) is 6.04 Å². The molecule has 0 aliphatic carbocycles. The second kappa shape index (κ2) is 5.59. The molecule has 2 atom stereocenters. The van der Waals surface area contributed by atoms with Gasteiger partial charge >= 0.3 is 5.97 Å². The van der Waals surface area contributed by atoms with Crippen LogP contribution in [0.2, 0.25) is 0 Å². The SMILES string of the molecule is CCN(CC(=O)O)C1CCOC2(CCSC2)C1. The minimum Gasteiger partial charge on any atom is -0.480 e. The quantitative estimate of drug-likeness (QED) is 0.828. The first-order chi connectivity index (χ1) is 8.15. The Kier molecular flexibility index (Phi) is 4.33. The summed E-state index contributed by atoms with van der Waals surface area (Å²) >= 11 is 1.95. The number of hydrogen-bond acceptors (Lipinski definition) is 4. The predicted octanol–water partition coefficient (Wildman–Crippen LogP) is 1.45. The molecule has 1 spiro atoms. The Bertz CT molecular complexity index is 279. The van der Waals surface area contributed by atoms with E-state index >= 15 is 0 Å². The lowest BCUT2D eigenvalue weighted by Crippen LogP contribution is -2.50. The van der Waals surface area contributed by atoms with E-state index in [1.807, 2.05) is 18.7 Å². The van der Waals surface area contributed by atoms with Gasteiger partial charge in [0.05, 0.1) is 12.1 Å². The molecule has 2 aliphatic rings. The van der Waals surface area contributed by atoms with Gasteiger partial charge in [0.2, 0.25) is 0 Å². The fraction of sp³-hybridized carbons (Fsp3) is 0.917. The number of carboxylic acids is 1. The summed E-state index contributed by atoms with van der Waals surface area (Å²) in [5.74, 6) is 1.53. The molecule has 2 fully saturated rings. The summed E-state index contributed by atoms with van der Waals surface area (Å²) in [4.78, 5) is 12.9. The monoisotopic (exact) mass is 259 g/mol. The summed E-state index contributed by atoms with van der Waals surface area (Å²) in [5.41, 5.74) is 0.0412. The van der Waals surface area contributed by atoms with Crippen LogP contribution in [0.3, 0.4) is 0 Å². The van der Waals surface area contributed by atoms with Crippen molar-refractivity contribution in [3.05, 3.63) is 0 Å². The molecule has 4 nitrogen and oxygen atoms in total. The number of carbonyl (C=O) groups is 1. The normalized spacial score (nSPS) is 33.4. The van der Waals surface area contributed by atoms with Gasteiger partial charge in [-0.3, -0.25) is 9.69 Å². The average molecular weight is 259 g/mol. The number of rotatable bonds is 4. The van der Waals surface area contributed by atoms with Gasteiger partial charge in [0.15, 0.2) is 0 Å². The van der Waals surface area contributed by atoms with Gasteiger partial charge in [-0.25, -0.2) is 0 Å². The Morgan fingerprint density at radius 1 is 1.65 bits per heavy atom. The molecule has 0 amide bonds. The number of thioether (sulfide) groups is 1. The molecule has 2 rings (SSSR count). The van der Waals surface area contributed by atoms with Crippen molar-refractivity contribution in [2.75, 3.05) is 31.2 Å². The van der Waals surface area contributed by atoms with E-state index in [1.54, 1.807) is 0 Å². The van der Waals surface area contributed by atoms with Crippen molar-refractivity contribution in [3.8, 4) is 0 Å². The van der Waals surface area contributed by atoms with E-state index in [1.165, 1.54) is 5.75 Å². The molecule has 2 unspecified atom stereocenters. The Hall–Kier alpha value is -0.260. The highest BCUT2D eigenvalue weighted by Crippen LogP contribution is 2.39. The van der Waals surface area contributed by atoms with Crippen LogP contribution in [0.15, 0.2) is 0 Å². The first-order valence-corrected chi connectivity index (χ1v) is 7.48. The first kappa shape index (κ1) is 13.2. The molecule has 0 bridgehead atoms. The highest BCUT2D eigenvalue weighted by Gasteiger charge is 2.41. The zero-order chi connectivity index (χ0) is 12.3. The Balaban J connectivity index is 1.97. The van der Waals surface area contributed by atoms with Crippen LogP contribution < -0.4 is 0 Å². The summed E-state index contributed by atoms with van der Waals surface area (Å²) in [7, 11) is 0. The molecule has 2 saturated heterocycles. The van der Waals surface area contributed by atoms with Gasteiger partial charge in [-0.15, -0.1) is 0 Å². The topological polar surface area (TPSA) is 49.8 Å². The van der Waals surface area contributed by atoms with Gasteiger partial charge in [0, 0.05) is 18.4 Å². The van der Waals surface area contributed by atoms with E-state index in [0.717, 1.165) is 38.2 Å². The highest BCUT2D eigenvalue weighted by molar-refractivity contribution is 7.99. The van der Waals surface area contributed by atoms with E-state index in [9.17, 15) is 4.79 Å². The smallest absolute Gasteiger partial charge is 0.317 e. The van der Waals surface area contributed by atoms with Gasteiger partial charge < -0.3 is 9.84 Å². The highest BCUT2D eigenvalue weighted by atomic mass is 32.2. The van der Waals surface area contributed by atoms with Crippen LogP contribution >= 0.6 is 11.8 Å². The fourth-order valence-electron chi connectivity index (χ4n) is 2.85. The Morgan fingerprint density at radius 2 is 2.47 bits per heavy atom. The molecule has 0 aromatic carbocycles. The van der Waals surface area contributed by atoms with Crippen LogP contribution in [0.1, 0.15) is 26.2 Å². The van der Waals surface area contributed by atoms with Crippen LogP contribution in [-0.2, 0) is 9.53 Å². The molecule has 0 aromatic heterocycles. The van der Waals surface area contributed by atoms with Crippen molar-refractivity contribution in [3.63, 3.8) is 0 Å². The number of carboxylic acid groups (broad SMARTS) is 1. The standard InChI is InChI=1S/C12H21NO3S/c1-2-13(8-11(14)15)10-3-5-16-12(7-10)4-6-17-9-12/h10H,2-9H2,1H3,(H,14,15). The largest absolute Gasteiger partial charge is 0.480 e. The van der Waals surface area contributed by atoms with Crippen LogP contribution in [0.5, 0.6) is 0 Å². The van der Waals surface area contributed by atoms with Crippen molar-refractivity contribution >= 4 is 17.7 Å². The minimum atomic E-state index is -0.729. The molecule has 0 aromatic rings. The molecular formula is C12H21NO3S. The number of aliphatic carboxylic acids is 1. The van der Waals surface area contributed by atoms with Crippen molar-refractivity contribution in [1.29, 1.82) is 0 Å². The molecule has 0 saturated carbocycles. The summed E-state index contributed by atoms with van der Waals surface area (Å²) in [6, 6.07) is 0.378. The summed E-state index contributed by atoms with van der Waals surface area (Å²) in [6.45, 7) is 3.78. The van der Waals surface area contributed by atoms with E-state index in [-0.39, 0.29) is 12.1 Å². The van der Waals surface area contributed by atoms with Crippen molar-refractivity contribution in [1.82, 2.24) is 4.90 Å². The zero-order valence-electron chi connectivity index (χ0n) is 10.4. The van der Waals surface area contributed by atoms with E-state index in [2.05, 4.69) is 4.90 Å². The second-order valence-corrected chi connectivity index (χ2v) is 6.04. The van der Waals surface area contributed by atoms with Gasteiger partial charge in [-0.1, -0.05) is 6.92 Å². The second-order valence-electron chi connectivity index (χ2n) is 4.94. The molecule has 98 valence electrons. The maximum atomic E-state index is 10.8. The zero-order valence-corrected chi connectivity index (χ0v) is 11.2. The lowest BCUT2D eigenvalue weighted by molar-refractivity contribution is -0.141. The van der Waals surface area contributed by atoms with E-state index in [4.69, 9.17) is 9.84 Å². The third kappa shape index (κ3) is 3.14. The number of nitrogens with zero attached hydrogens (tertiary/aromatic N) is 1. The number of ether oxygens (including phenoxy) is 1. The lowest BCUT2D eigenvalue weighted by Gasteiger charge is -2.42. The average Bonchev–Trinajstić information content (AvgIpc) is 2.74. The Labute approximate surface area is 107 Å².